The Balaban J connectivity index is 3.32. The number of hydrogen-bond acceptors (Lipinski definition) is 7. The van der Waals surface area contributed by atoms with Crippen LogP contribution in [0.3, 0.4) is 0 Å². The van der Waals surface area contributed by atoms with Crippen LogP contribution in [0.5, 0.6) is 0 Å². The smallest absolute Gasteiger partial charge is 0.410 e. The van der Waals surface area contributed by atoms with Crippen LogP contribution in [0.15, 0.2) is 12.7 Å². The molecule has 0 radical (unpaired) electrons. The lowest BCUT2D eigenvalue weighted by Crippen LogP contribution is -2.61. The lowest BCUT2D eigenvalue weighted by molar-refractivity contribution is -0.144. The molecule has 0 bridgehead atoms. The summed E-state index contributed by atoms with van der Waals surface area (Å²) in [4.78, 5) is 83.1. The SMILES string of the molecule is C=CCNC(=O)C(=O)C(CCC)NC(=O)[C@@H]1C(C(C)C)CCN1C(=O)[C@@H](NC(=O)N[C@H](CN(C)C(=O)OC(C)(C)C)CC(C)(C)C)C(C)(C)C. The predicted octanol–water partition coefficient (Wildman–Crippen LogP) is 4.40. The number of urea groups is 1. The van der Waals surface area contributed by atoms with Crippen LogP contribution in [0, 0.1) is 22.7 Å². The monoisotopic (exact) mass is 706 g/mol. The third kappa shape index (κ3) is 14.3. The minimum Gasteiger partial charge on any atom is -0.444 e. The number of rotatable bonds is 15. The Morgan fingerprint density at radius 1 is 0.960 bits per heavy atom. The van der Waals surface area contributed by atoms with Crippen molar-refractivity contribution in [3.8, 4) is 0 Å². The van der Waals surface area contributed by atoms with Crippen LogP contribution in [-0.4, -0.2) is 102 Å². The van der Waals surface area contributed by atoms with Gasteiger partial charge in [0, 0.05) is 32.7 Å². The third-order valence-corrected chi connectivity index (χ3v) is 8.48. The van der Waals surface area contributed by atoms with Crippen molar-refractivity contribution in [2.45, 2.75) is 139 Å². The van der Waals surface area contributed by atoms with Gasteiger partial charge in [-0.1, -0.05) is 74.8 Å². The van der Waals surface area contributed by atoms with Crippen molar-refractivity contribution in [2.24, 2.45) is 22.7 Å². The van der Waals surface area contributed by atoms with E-state index < -0.39 is 70.8 Å². The molecule has 0 saturated carbocycles. The van der Waals surface area contributed by atoms with E-state index in [4.69, 9.17) is 4.74 Å². The van der Waals surface area contributed by atoms with Crippen molar-refractivity contribution in [1.82, 2.24) is 31.1 Å². The van der Waals surface area contributed by atoms with Crippen LogP contribution in [0.2, 0.25) is 0 Å². The number of amides is 6. The van der Waals surface area contributed by atoms with Gasteiger partial charge >= 0.3 is 12.1 Å². The van der Waals surface area contributed by atoms with E-state index in [1.165, 1.54) is 15.9 Å². The summed E-state index contributed by atoms with van der Waals surface area (Å²) in [6.07, 6.45) is 2.84. The Kier molecular flexibility index (Phi) is 16.5. The molecule has 5 atom stereocenters. The van der Waals surface area contributed by atoms with Gasteiger partial charge in [-0.05, 0) is 62.7 Å². The number of Topliss-reactive ketones (excluding diaryl/α,β-unsaturated/α-hetero) is 1. The average molecular weight is 707 g/mol. The van der Waals surface area contributed by atoms with Gasteiger partial charge in [-0.25, -0.2) is 9.59 Å². The molecule has 2 unspecified atom stereocenters. The molecule has 6 amide bonds. The molecular weight excluding hydrogens is 640 g/mol. The Bertz CT molecular complexity index is 1210. The number of ether oxygens (including phenoxy) is 1. The van der Waals surface area contributed by atoms with Gasteiger partial charge in [0.15, 0.2) is 0 Å². The molecule has 1 rings (SSSR count). The van der Waals surface area contributed by atoms with Gasteiger partial charge in [-0.2, -0.15) is 0 Å². The maximum absolute atomic E-state index is 14.4. The highest BCUT2D eigenvalue weighted by molar-refractivity contribution is 6.38. The zero-order valence-corrected chi connectivity index (χ0v) is 33.0. The molecule has 0 aromatic heterocycles. The van der Waals surface area contributed by atoms with Crippen molar-refractivity contribution in [3.63, 3.8) is 0 Å². The van der Waals surface area contributed by atoms with Gasteiger partial charge in [-0.3, -0.25) is 19.2 Å². The molecule has 0 aromatic carbocycles. The Labute approximate surface area is 300 Å². The summed E-state index contributed by atoms with van der Waals surface area (Å²) < 4.78 is 5.50. The summed E-state index contributed by atoms with van der Waals surface area (Å²) in [5, 5.41) is 11.1. The molecule has 1 fully saturated rings. The van der Waals surface area contributed by atoms with Crippen LogP contribution in [0.25, 0.3) is 0 Å². The summed E-state index contributed by atoms with van der Waals surface area (Å²) in [6.45, 7) is 26.9. The van der Waals surface area contributed by atoms with Crippen LogP contribution in [0.1, 0.15) is 109 Å². The number of likely N-dealkylation sites (N-methyl/N-ethyl adjacent to an activating group) is 1. The average Bonchev–Trinajstić information content (AvgIpc) is 3.41. The Morgan fingerprint density at radius 2 is 1.56 bits per heavy atom. The Morgan fingerprint density at radius 3 is 2.04 bits per heavy atom. The highest BCUT2D eigenvalue weighted by atomic mass is 16.6. The molecule has 1 saturated heterocycles. The van der Waals surface area contributed by atoms with Gasteiger partial charge in [0.05, 0.1) is 6.04 Å². The molecule has 13 heteroatoms. The first-order valence-electron chi connectivity index (χ1n) is 17.9. The Hall–Kier alpha value is -3.64. The summed E-state index contributed by atoms with van der Waals surface area (Å²) in [6, 6.07) is -4.01. The predicted molar refractivity (Wildman–Crippen MR) is 195 cm³/mol. The molecular formula is C37H66N6O7. The number of carbonyl (C=O) groups is 6. The van der Waals surface area contributed by atoms with E-state index in [2.05, 4.69) is 27.8 Å². The number of ketones is 1. The zero-order valence-electron chi connectivity index (χ0n) is 33.0. The first kappa shape index (κ1) is 44.4. The molecule has 4 N–H and O–H groups in total. The van der Waals surface area contributed by atoms with Crippen LogP contribution in [0.4, 0.5) is 9.59 Å². The highest BCUT2D eigenvalue weighted by Gasteiger charge is 2.47. The number of nitrogens with zero attached hydrogens (tertiary/aromatic N) is 2. The highest BCUT2D eigenvalue weighted by Crippen LogP contribution is 2.33. The first-order chi connectivity index (χ1) is 22.8. The summed E-state index contributed by atoms with van der Waals surface area (Å²) in [5.41, 5.74) is -1.62. The topological polar surface area (TPSA) is 166 Å². The summed E-state index contributed by atoms with van der Waals surface area (Å²) in [5.74, 6) is -2.67. The van der Waals surface area contributed by atoms with Crippen molar-refractivity contribution >= 4 is 35.6 Å². The number of nitrogens with one attached hydrogen (secondary N) is 4. The normalized spacial score (nSPS) is 18.4. The minimum absolute atomic E-state index is 0.0317. The summed E-state index contributed by atoms with van der Waals surface area (Å²) in [7, 11) is 1.61. The molecule has 0 aromatic rings. The molecule has 1 aliphatic heterocycles. The molecule has 0 aliphatic carbocycles. The maximum atomic E-state index is 14.4. The largest absolute Gasteiger partial charge is 0.444 e. The number of carbonyl (C=O) groups excluding carboxylic acids is 6. The fourth-order valence-corrected chi connectivity index (χ4v) is 6.14. The minimum atomic E-state index is -1.05. The van der Waals surface area contributed by atoms with E-state index in [0.717, 1.165) is 0 Å². The standard InChI is InChI=1S/C37H66N6O7/c1-15-17-26(28(44)31(46)38-19-16-2)40-30(45)27-25(23(3)4)18-20-43(27)32(47)29(36(8,9)10)41-33(48)39-24(21-35(5,6)7)22-42(14)34(49)50-37(11,12)13/h16,23-27,29H,2,15,17-22H2,1,3-14H3,(H,38,46)(H,40,45)(H2,39,41,48)/t24-,25?,26?,27-,29+/m0/s1. The second-order valence-electron chi connectivity index (χ2n) is 17.1. The van der Waals surface area contributed by atoms with E-state index in [-0.39, 0.29) is 43.3 Å². The molecule has 286 valence electrons. The quantitative estimate of drug-likeness (QED) is 0.145. The maximum Gasteiger partial charge on any atom is 0.410 e. The van der Waals surface area contributed by atoms with Gasteiger partial charge in [0.1, 0.15) is 17.7 Å². The lowest BCUT2D eigenvalue weighted by atomic mass is 9.84. The summed E-state index contributed by atoms with van der Waals surface area (Å²) >= 11 is 0. The van der Waals surface area contributed by atoms with E-state index in [1.54, 1.807) is 27.8 Å². The fraction of sp³-hybridized carbons (Fsp3) is 0.784. The molecule has 1 heterocycles. The van der Waals surface area contributed by atoms with Gasteiger partial charge in [0.25, 0.3) is 5.91 Å². The molecule has 0 spiro atoms. The number of likely N-dealkylation sites (tertiary alicyclic amines) is 1. The van der Waals surface area contributed by atoms with Crippen molar-refractivity contribution in [3.05, 3.63) is 12.7 Å². The van der Waals surface area contributed by atoms with Gasteiger partial charge < -0.3 is 35.8 Å². The van der Waals surface area contributed by atoms with Gasteiger partial charge in [-0.15, -0.1) is 6.58 Å². The third-order valence-electron chi connectivity index (χ3n) is 8.48. The molecule has 50 heavy (non-hydrogen) atoms. The lowest BCUT2D eigenvalue weighted by Gasteiger charge is -2.37. The van der Waals surface area contributed by atoms with Crippen molar-refractivity contribution in [1.29, 1.82) is 0 Å². The molecule has 13 nitrogen and oxygen atoms in total. The van der Waals surface area contributed by atoms with Crippen molar-refractivity contribution in [2.75, 3.05) is 26.7 Å². The number of hydrogen-bond donors (Lipinski definition) is 4. The van der Waals surface area contributed by atoms with Crippen LogP contribution < -0.4 is 21.3 Å². The van der Waals surface area contributed by atoms with Gasteiger partial charge in [0.2, 0.25) is 17.6 Å². The van der Waals surface area contributed by atoms with Crippen LogP contribution >= 0.6 is 0 Å². The zero-order chi connectivity index (χ0) is 38.8. The van der Waals surface area contributed by atoms with Crippen molar-refractivity contribution < 1.29 is 33.5 Å². The fourth-order valence-electron chi connectivity index (χ4n) is 6.14. The van der Waals surface area contributed by atoms with E-state index in [1.807, 2.05) is 62.3 Å². The molecule has 1 aliphatic rings. The van der Waals surface area contributed by atoms with E-state index in [0.29, 0.717) is 19.3 Å². The second-order valence-corrected chi connectivity index (χ2v) is 17.1. The van der Waals surface area contributed by atoms with E-state index >= 15 is 0 Å². The van der Waals surface area contributed by atoms with Crippen LogP contribution in [-0.2, 0) is 23.9 Å². The second kappa shape index (κ2) is 18.6. The van der Waals surface area contributed by atoms with E-state index in [9.17, 15) is 28.8 Å². The first-order valence-corrected chi connectivity index (χ1v) is 17.9.